The summed E-state index contributed by atoms with van der Waals surface area (Å²) in [7, 11) is 0. The van der Waals surface area contributed by atoms with Gasteiger partial charge in [0.15, 0.2) is 5.82 Å². The van der Waals surface area contributed by atoms with Crippen molar-refractivity contribution in [2.75, 3.05) is 67.5 Å². The number of rotatable bonds is 4. The summed E-state index contributed by atoms with van der Waals surface area (Å²) < 4.78 is 5.60. The highest BCUT2D eigenvalue weighted by molar-refractivity contribution is 5.76. The Labute approximate surface area is 288 Å². The number of fused-ring (bicyclic) bond motifs is 3. The van der Waals surface area contributed by atoms with E-state index in [1.165, 1.54) is 18.4 Å². The molecule has 49 heavy (non-hydrogen) atoms. The predicted octanol–water partition coefficient (Wildman–Crippen LogP) is 5.12. The van der Waals surface area contributed by atoms with Crippen molar-refractivity contribution in [1.29, 1.82) is 0 Å². The van der Waals surface area contributed by atoms with E-state index in [-0.39, 0.29) is 17.9 Å². The molecule has 12 nitrogen and oxygen atoms in total. The van der Waals surface area contributed by atoms with Crippen LogP contribution in [-0.4, -0.2) is 111 Å². The van der Waals surface area contributed by atoms with Gasteiger partial charge in [0.1, 0.15) is 11.4 Å². The Hall–Kier alpha value is -4.19. The van der Waals surface area contributed by atoms with Crippen molar-refractivity contribution < 1.29 is 14.6 Å². The summed E-state index contributed by atoms with van der Waals surface area (Å²) in [4.78, 5) is 31.6. The van der Waals surface area contributed by atoms with Crippen LogP contribution >= 0.6 is 0 Å². The number of carbonyl (C=O) groups is 1. The molecule has 1 spiro atoms. The number of hydrogen-bond donors (Lipinski definition) is 2. The molecule has 0 radical (unpaired) electrons. The molecule has 1 atom stereocenters. The van der Waals surface area contributed by atoms with Crippen molar-refractivity contribution in [3.8, 4) is 17.0 Å². The van der Waals surface area contributed by atoms with Crippen molar-refractivity contribution in [3.05, 3.63) is 48.3 Å². The Morgan fingerprint density at radius 2 is 1.69 bits per heavy atom. The zero-order valence-electron chi connectivity index (χ0n) is 29.0. The first-order chi connectivity index (χ1) is 23.6. The number of amides is 1. The number of benzene rings is 1. The van der Waals surface area contributed by atoms with Gasteiger partial charge in [-0.2, -0.15) is 0 Å². The van der Waals surface area contributed by atoms with Crippen molar-refractivity contribution >= 4 is 23.5 Å². The maximum absolute atomic E-state index is 12.5. The first-order valence-corrected chi connectivity index (χ1v) is 18.1. The highest BCUT2D eigenvalue weighted by Crippen LogP contribution is 2.52. The zero-order valence-corrected chi connectivity index (χ0v) is 29.0. The maximum atomic E-state index is 12.5. The van der Waals surface area contributed by atoms with E-state index in [4.69, 9.17) is 14.7 Å². The topological polar surface area (TPSA) is 123 Å². The normalized spacial score (nSPS) is 23.0. The number of aromatic nitrogens is 4. The molecule has 12 heteroatoms. The number of carbonyl (C=O) groups excluding carboxylic acids is 1. The lowest BCUT2D eigenvalue weighted by atomic mass is 9.59. The number of anilines is 3. The monoisotopic (exact) mass is 667 g/mol. The van der Waals surface area contributed by atoms with Crippen LogP contribution in [0, 0.1) is 5.41 Å². The third-order valence-corrected chi connectivity index (χ3v) is 11.5. The van der Waals surface area contributed by atoms with Gasteiger partial charge in [-0.1, -0.05) is 12.1 Å². The molecule has 2 aromatic heterocycles. The molecule has 4 fully saturated rings. The van der Waals surface area contributed by atoms with Gasteiger partial charge in [0, 0.05) is 63.3 Å². The number of piperidine rings is 2. The molecule has 260 valence electrons. The number of ether oxygens (including phenoxy) is 1. The Morgan fingerprint density at radius 3 is 2.41 bits per heavy atom. The molecular weight excluding hydrogens is 618 g/mol. The molecule has 2 N–H and O–H groups in total. The Kier molecular flexibility index (Phi) is 8.24. The van der Waals surface area contributed by atoms with Gasteiger partial charge in [-0.15, -0.1) is 10.2 Å². The third-order valence-electron chi connectivity index (χ3n) is 11.5. The van der Waals surface area contributed by atoms with E-state index in [0.29, 0.717) is 28.6 Å². The molecule has 6 heterocycles. The number of phenols is 1. The van der Waals surface area contributed by atoms with Crippen molar-refractivity contribution in [2.24, 2.45) is 5.41 Å². The number of aromatic hydroxyl groups is 1. The van der Waals surface area contributed by atoms with Crippen LogP contribution in [0.15, 0.2) is 42.7 Å². The van der Waals surface area contributed by atoms with E-state index in [0.717, 1.165) is 95.5 Å². The molecule has 1 aliphatic carbocycles. The van der Waals surface area contributed by atoms with Crippen LogP contribution in [0.1, 0.15) is 70.8 Å². The van der Waals surface area contributed by atoms with E-state index in [9.17, 15) is 9.90 Å². The van der Waals surface area contributed by atoms with Crippen molar-refractivity contribution in [3.63, 3.8) is 0 Å². The Bertz CT molecular complexity index is 1650. The number of likely N-dealkylation sites (tertiary alicyclic amines) is 2. The number of para-hydroxylation sites is 1. The minimum absolute atomic E-state index is 0.163. The molecular formula is C37H49N9O3. The van der Waals surface area contributed by atoms with Crippen molar-refractivity contribution in [1.82, 2.24) is 30.0 Å². The number of phenolic OH excluding ortho intramolecular Hbond substituents is 1. The Balaban J connectivity index is 0.816. The van der Waals surface area contributed by atoms with Crippen molar-refractivity contribution in [2.45, 2.75) is 82.9 Å². The molecule has 5 aliphatic rings. The number of nitrogens with one attached hydrogen (secondary N) is 1. The molecule has 0 unspecified atom stereocenters. The van der Waals surface area contributed by atoms with Gasteiger partial charge in [0.05, 0.1) is 17.4 Å². The zero-order chi connectivity index (χ0) is 33.8. The average molecular weight is 668 g/mol. The van der Waals surface area contributed by atoms with Gasteiger partial charge in [-0.25, -0.2) is 14.8 Å². The summed E-state index contributed by atoms with van der Waals surface area (Å²) in [6, 6.07) is 10.2. The number of nitrogens with zero attached hydrogens (tertiary/aromatic N) is 8. The van der Waals surface area contributed by atoms with Crippen LogP contribution in [0.5, 0.6) is 5.75 Å². The fourth-order valence-corrected chi connectivity index (χ4v) is 8.69. The molecule has 1 aromatic carbocycles. The lowest BCUT2D eigenvalue weighted by molar-refractivity contribution is -0.0530. The number of piperazine rings is 1. The third kappa shape index (κ3) is 6.47. The maximum Gasteiger partial charge on any atom is 0.410 e. The molecule has 1 amide bonds. The van der Waals surface area contributed by atoms with E-state index in [2.05, 4.69) is 42.6 Å². The lowest BCUT2D eigenvalue weighted by Gasteiger charge is -2.56. The van der Waals surface area contributed by atoms with E-state index >= 15 is 0 Å². The summed E-state index contributed by atoms with van der Waals surface area (Å²) >= 11 is 0. The predicted molar refractivity (Wildman–Crippen MR) is 189 cm³/mol. The lowest BCUT2D eigenvalue weighted by Crippen LogP contribution is -2.58. The quantitative estimate of drug-likeness (QED) is 0.386. The van der Waals surface area contributed by atoms with E-state index in [1.807, 2.05) is 49.9 Å². The van der Waals surface area contributed by atoms with E-state index < -0.39 is 5.60 Å². The van der Waals surface area contributed by atoms with Crippen LogP contribution in [-0.2, 0) is 4.74 Å². The van der Waals surface area contributed by atoms with E-state index in [1.54, 1.807) is 6.07 Å². The van der Waals surface area contributed by atoms with Crippen LogP contribution in [0.25, 0.3) is 11.3 Å². The summed E-state index contributed by atoms with van der Waals surface area (Å²) in [5, 5.41) is 22.6. The minimum Gasteiger partial charge on any atom is -0.507 e. The molecule has 0 bridgehead atoms. The summed E-state index contributed by atoms with van der Waals surface area (Å²) in [5.74, 6) is 2.29. The molecule has 8 rings (SSSR count). The van der Waals surface area contributed by atoms with Gasteiger partial charge in [-0.05, 0) is 107 Å². The second-order valence-electron chi connectivity index (χ2n) is 15.8. The Morgan fingerprint density at radius 1 is 0.959 bits per heavy atom. The first kappa shape index (κ1) is 32.0. The molecule has 3 aromatic rings. The highest BCUT2D eigenvalue weighted by atomic mass is 16.6. The van der Waals surface area contributed by atoms with Gasteiger partial charge in [0.25, 0.3) is 0 Å². The average Bonchev–Trinajstić information content (AvgIpc) is 3.10. The van der Waals surface area contributed by atoms with Crippen LogP contribution in [0.3, 0.4) is 0 Å². The van der Waals surface area contributed by atoms with Gasteiger partial charge < -0.3 is 34.8 Å². The number of hydrogen-bond acceptors (Lipinski definition) is 11. The highest BCUT2D eigenvalue weighted by Gasteiger charge is 2.49. The molecule has 3 saturated heterocycles. The first-order valence-electron chi connectivity index (χ1n) is 18.1. The molecule has 4 aliphatic heterocycles. The van der Waals surface area contributed by atoms with Crippen LogP contribution < -0.4 is 15.1 Å². The van der Waals surface area contributed by atoms with Gasteiger partial charge in [-0.3, -0.25) is 0 Å². The fraction of sp³-hybridized carbons (Fsp3) is 0.595. The fourth-order valence-electron chi connectivity index (χ4n) is 8.69. The second kappa shape index (κ2) is 12.6. The molecule has 1 saturated carbocycles. The summed E-state index contributed by atoms with van der Waals surface area (Å²) in [6.07, 6.45) is 11.0. The summed E-state index contributed by atoms with van der Waals surface area (Å²) in [5.41, 5.74) is 3.60. The second-order valence-corrected chi connectivity index (χ2v) is 15.8. The van der Waals surface area contributed by atoms with Crippen LogP contribution in [0.4, 0.5) is 22.2 Å². The van der Waals surface area contributed by atoms with Crippen LogP contribution in [0.2, 0.25) is 0 Å². The van der Waals surface area contributed by atoms with Gasteiger partial charge in [0.2, 0.25) is 5.95 Å². The van der Waals surface area contributed by atoms with Gasteiger partial charge >= 0.3 is 6.09 Å². The standard InChI is InChI=1S/C37H49N9O3/c1-36(2,3)49-35(48)44-14-10-37(11-15-44)19-27(20-37)43-12-8-25(9-13-43)26-21-39-34(40-22-26)45-16-17-46-28(24-45)23-38-33-31(46)18-30(41-42-33)29-6-4-5-7-32(29)47/h4-7,18,21-22,25,27-28,47H,8-17,19-20,23-24H2,1-3H3,(H,38,42)/t28-/m0/s1. The summed E-state index contributed by atoms with van der Waals surface area (Å²) in [6.45, 7) is 12.9. The largest absolute Gasteiger partial charge is 0.507 e. The SMILES string of the molecule is CC(C)(C)OC(=O)N1CCC2(CC1)CC(N1CCC(c3cnc(N4CCN5c6cc(-c7ccccc7O)nnc6NC[C@H]5C4)nc3)CC1)C2. The minimum atomic E-state index is -0.441. The smallest absolute Gasteiger partial charge is 0.410 e.